The van der Waals surface area contributed by atoms with E-state index in [9.17, 15) is 5.26 Å². The molecule has 8 aromatic carbocycles. The molecule has 2 heterocycles. The highest BCUT2D eigenvalue weighted by molar-refractivity contribution is 6.10. The van der Waals surface area contributed by atoms with Crippen LogP contribution in [0.1, 0.15) is 5.56 Å². The van der Waals surface area contributed by atoms with E-state index < -0.39 is 0 Å². The van der Waals surface area contributed by atoms with E-state index in [1.54, 1.807) is 0 Å². The van der Waals surface area contributed by atoms with Crippen molar-refractivity contribution in [3.05, 3.63) is 206 Å². The molecule has 0 saturated carbocycles. The van der Waals surface area contributed by atoms with Crippen LogP contribution in [0, 0.1) is 11.3 Å². The fourth-order valence-electron chi connectivity index (χ4n) is 7.66. The minimum absolute atomic E-state index is 0.552. The Balaban J connectivity index is 1.21. The lowest BCUT2D eigenvalue weighted by Gasteiger charge is -2.15. The van der Waals surface area contributed by atoms with Crippen LogP contribution in [0.4, 0.5) is 0 Å². The number of fused-ring (bicyclic) bond motifs is 3. The van der Waals surface area contributed by atoms with Gasteiger partial charge < -0.3 is 4.57 Å². The van der Waals surface area contributed by atoms with Crippen molar-refractivity contribution in [1.82, 2.24) is 19.5 Å². The number of rotatable bonds is 7. The summed E-state index contributed by atoms with van der Waals surface area (Å²) in [7, 11) is 0. The number of aromatic nitrogens is 4. The standard InChI is InChI=1S/C52H33N5/c53-34-35-13-12-20-41(29-35)43-30-44(32-45(31-43)57-48-22-11-10-21-46(48)47-28-27-42(33-49(47)57)37-16-6-2-7-17-37)52-55-50(39-18-8-3-9-19-39)54-51(56-52)40-25-23-38(24-26-40)36-14-4-1-5-15-36/h1-33H. The predicted molar refractivity (Wildman–Crippen MR) is 231 cm³/mol. The van der Waals surface area contributed by atoms with E-state index in [2.05, 4.69) is 132 Å². The average molecular weight is 728 g/mol. The Bertz CT molecular complexity index is 3110. The van der Waals surface area contributed by atoms with Crippen LogP contribution in [0.3, 0.4) is 0 Å². The smallest absolute Gasteiger partial charge is 0.164 e. The van der Waals surface area contributed by atoms with Crippen molar-refractivity contribution in [3.63, 3.8) is 0 Å². The van der Waals surface area contributed by atoms with Gasteiger partial charge in [-0.05, 0) is 75.8 Å². The number of nitrogens with zero attached hydrogens (tertiary/aromatic N) is 5. The molecule has 0 saturated heterocycles. The normalized spacial score (nSPS) is 11.1. The molecule has 266 valence electrons. The predicted octanol–water partition coefficient (Wildman–Crippen LogP) is 12.8. The summed E-state index contributed by atoms with van der Waals surface area (Å²) >= 11 is 0. The number of benzene rings is 8. The van der Waals surface area contributed by atoms with Gasteiger partial charge in [0.2, 0.25) is 0 Å². The SMILES string of the molecule is N#Cc1cccc(-c2cc(-c3nc(-c4ccccc4)nc(-c4ccc(-c5ccccc5)cc4)n3)cc(-n3c4ccccc4c4ccc(-c5ccccc5)cc43)c2)c1. The second kappa shape index (κ2) is 14.4. The van der Waals surface area contributed by atoms with Gasteiger partial charge in [0.25, 0.3) is 0 Å². The molecule has 0 fully saturated rings. The van der Waals surface area contributed by atoms with Gasteiger partial charge in [-0.1, -0.05) is 158 Å². The second-order valence-corrected chi connectivity index (χ2v) is 14.0. The summed E-state index contributed by atoms with van der Waals surface area (Å²) in [5, 5.41) is 12.2. The fourth-order valence-corrected chi connectivity index (χ4v) is 7.66. The first-order valence-electron chi connectivity index (χ1n) is 18.9. The third-order valence-corrected chi connectivity index (χ3v) is 10.5. The van der Waals surface area contributed by atoms with E-state index in [0.717, 1.165) is 72.2 Å². The monoisotopic (exact) mass is 727 g/mol. The van der Waals surface area contributed by atoms with E-state index in [4.69, 9.17) is 15.0 Å². The van der Waals surface area contributed by atoms with Crippen LogP contribution >= 0.6 is 0 Å². The van der Waals surface area contributed by atoms with Crippen molar-refractivity contribution < 1.29 is 0 Å². The van der Waals surface area contributed by atoms with Crippen molar-refractivity contribution in [1.29, 1.82) is 5.26 Å². The highest BCUT2D eigenvalue weighted by Gasteiger charge is 2.18. The van der Waals surface area contributed by atoms with Crippen molar-refractivity contribution >= 4 is 21.8 Å². The number of nitriles is 1. The first-order chi connectivity index (χ1) is 28.2. The molecule has 0 radical (unpaired) electrons. The van der Waals surface area contributed by atoms with E-state index in [0.29, 0.717) is 23.0 Å². The van der Waals surface area contributed by atoms with Crippen LogP contribution in [0.2, 0.25) is 0 Å². The van der Waals surface area contributed by atoms with Crippen LogP contribution in [0.15, 0.2) is 200 Å². The van der Waals surface area contributed by atoms with Gasteiger partial charge in [-0.25, -0.2) is 15.0 Å². The summed E-state index contributed by atoms with van der Waals surface area (Å²) < 4.78 is 2.33. The maximum Gasteiger partial charge on any atom is 0.164 e. The van der Waals surface area contributed by atoms with E-state index >= 15 is 0 Å². The molecule has 0 N–H and O–H groups in total. The van der Waals surface area contributed by atoms with E-state index in [1.165, 1.54) is 5.39 Å². The van der Waals surface area contributed by atoms with Crippen LogP contribution in [0.5, 0.6) is 0 Å². The Kier molecular flexibility index (Phi) is 8.48. The van der Waals surface area contributed by atoms with E-state index in [1.807, 2.05) is 78.9 Å². The summed E-state index contributed by atoms with van der Waals surface area (Å²) in [5.74, 6) is 1.73. The second-order valence-electron chi connectivity index (χ2n) is 14.0. The van der Waals surface area contributed by atoms with Crippen LogP contribution in [-0.2, 0) is 0 Å². The molecule has 5 nitrogen and oxygen atoms in total. The number of para-hydroxylation sites is 1. The summed E-state index contributed by atoms with van der Waals surface area (Å²) in [4.78, 5) is 15.4. The zero-order valence-electron chi connectivity index (χ0n) is 30.8. The minimum atomic E-state index is 0.552. The summed E-state index contributed by atoms with van der Waals surface area (Å²) in [5.41, 5.74) is 12.8. The molecule has 0 bridgehead atoms. The zero-order valence-corrected chi connectivity index (χ0v) is 30.8. The molecule has 10 rings (SSSR count). The lowest BCUT2D eigenvalue weighted by molar-refractivity contribution is 1.07. The van der Waals surface area contributed by atoms with Crippen LogP contribution in [-0.4, -0.2) is 19.5 Å². The zero-order chi connectivity index (χ0) is 38.1. The molecule has 57 heavy (non-hydrogen) atoms. The van der Waals surface area contributed by atoms with Gasteiger partial charge in [0.15, 0.2) is 17.5 Å². The molecule has 0 aliphatic carbocycles. The molecule has 0 atom stereocenters. The Labute approximate surface area is 330 Å². The third-order valence-electron chi connectivity index (χ3n) is 10.5. The molecule has 0 unspecified atom stereocenters. The minimum Gasteiger partial charge on any atom is -0.309 e. The molecule has 0 spiro atoms. The highest BCUT2D eigenvalue weighted by atomic mass is 15.0. The van der Waals surface area contributed by atoms with Gasteiger partial charge in [-0.15, -0.1) is 0 Å². The first-order valence-corrected chi connectivity index (χ1v) is 18.9. The first kappa shape index (κ1) is 33.6. The fraction of sp³-hybridized carbons (Fsp3) is 0. The topological polar surface area (TPSA) is 67.4 Å². The summed E-state index contributed by atoms with van der Waals surface area (Å²) in [6.07, 6.45) is 0. The molecule has 0 aliphatic rings. The molecule has 2 aromatic heterocycles. The van der Waals surface area contributed by atoms with Gasteiger partial charge in [0, 0.05) is 33.2 Å². The highest BCUT2D eigenvalue weighted by Crippen LogP contribution is 2.38. The maximum atomic E-state index is 9.88. The lowest BCUT2D eigenvalue weighted by atomic mass is 9.99. The average Bonchev–Trinajstić information content (AvgIpc) is 3.63. The van der Waals surface area contributed by atoms with Crippen molar-refractivity contribution in [2.75, 3.05) is 0 Å². The number of hydrogen-bond acceptors (Lipinski definition) is 4. The Morgan fingerprint density at radius 3 is 1.49 bits per heavy atom. The van der Waals surface area contributed by atoms with Gasteiger partial charge in [0.1, 0.15) is 0 Å². The van der Waals surface area contributed by atoms with Crippen molar-refractivity contribution in [2.45, 2.75) is 0 Å². The van der Waals surface area contributed by atoms with Crippen molar-refractivity contribution in [2.24, 2.45) is 0 Å². The van der Waals surface area contributed by atoms with Crippen molar-refractivity contribution in [3.8, 4) is 79.3 Å². The Hall–Kier alpha value is -7.94. The van der Waals surface area contributed by atoms with Gasteiger partial charge in [-0.2, -0.15) is 5.26 Å². The molecular weight excluding hydrogens is 695 g/mol. The third kappa shape index (κ3) is 6.42. The van der Waals surface area contributed by atoms with Gasteiger partial charge in [0.05, 0.1) is 22.7 Å². The number of hydrogen-bond donors (Lipinski definition) is 0. The van der Waals surface area contributed by atoms with Crippen LogP contribution in [0.25, 0.3) is 95.0 Å². The van der Waals surface area contributed by atoms with Gasteiger partial charge >= 0.3 is 0 Å². The largest absolute Gasteiger partial charge is 0.309 e. The molecule has 10 aromatic rings. The van der Waals surface area contributed by atoms with E-state index in [-0.39, 0.29) is 0 Å². The van der Waals surface area contributed by atoms with Gasteiger partial charge in [-0.3, -0.25) is 0 Å². The lowest BCUT2D eigenvalue weighted by Crippen LogP contribution is -2.02. The molecular formula is C52H33N5. The molecule has 0 amide bonds. The molecule has 5 heteroatoms. The summed E-state index contributed by atoms with van der Waals surface area (Å²) in [6.45, 7) is 0. The maximum absolute atomic E-state index is 9.88. The Morgan fingerprint density at radius 1 is 0.333 bits per heavy atom. The Morgan fingerprint density at radius 2 is 0.807 bits per heavy atom. The van der Waals surface area contributed by atoms with Crippen LogP contribution < -0.4 is 0 Å². The summed E-state index contributed by atoms with van der Waals surface area (Å²) in [6, 6.07) is 71.1. The molecule has 0 aliphatic heterocycles. The quantitative estimate of drug-likeness (QED) is 0.164.